The highest BCUT2D eigenvalue weighted by molar-refractivity contribution is 8.00. The minimum Gasteiger partial charge on any atom is -0.325 e. The van der Waals surface area contributed by atoms with E-state index in [9.17, 15) is 9.59 Å². The van der Waals surface area contributed by atoms with Gasteiger partial charge in [-0.2, -0.15) is 0 Å². The first-order valence-electron chi connectivity index (χ1n) is 11.3. The Morgan fingerprint density at radius 3 is 2.79 bits per heavy atom. The number of carbonyl (C=O) groups is 1. The molecule has 2 aromatic carbocycles. The van der Waals surface area contributed by atoms with Crippen molar-refractivity contribution in [1.82, 2.24) is 9.97 Å². The molecule has 0 bridgehead atoms. The summed E-state index contributed by atoms with van der Waals surface area (Å²) in [5, 5.41) is 6.06. The van der Waals surface area contributed by atoms with E-state index in [1.54, 1.807) is 19.1 Å². The van der Waals surface area contributed by atoms with Crippen LogP contribution in [0.15, 0.2) is 51.7 Å². The van der Waals surface area contributed by atoms with Gasteiger partial charge in [0.25, 0.3) is 5.56 Å². The fourth-order valence-corrected chi connectivity index (χ4v) is 6.26. The van der Waals surface area contributed by atoms with Crippen molar-refractivity contribution >= 4 is 56.5 Å². The van der Waals surface area contributed by atoms with E-state index in [1.807, 2.05) is 18.4 Å². The van der Waals surface area contributed by atoms with Crippen LogP contribution in [0.3, 0.4) is 0 Å². The zero-order valence-corrected chi connectivity index (χ0v) is 21.3. The average molecular weight is 510 g/mol. The van der Waals surface area contributed by atoms with Crippen molar-refractivity contribution in [2.24, 2.45) is 0 Å². The summed E-state index contributed by atoms with van der Waals surface area (Å²) in [4.78, 5) is 34.0. The topological polar surface area (TPSA) is 74.8 Å². The first-order valence-corrected chi connectivity index (χ1v) is 13.4. The number of H-pyrrole nitrogens is 1. The molecule has 0 fully saturated rings. The Labute approximate surface area is 211 Å². The molecule has 0 saturated heterocycles. The van der Waals surface area contributed by atoms with Crippen LogP contribution in [0.5, 0.6) is 0 Å². The van der Waals surface area contributed by atoms with Crippen LogP contribution < -0.4 is 10.9 Å². The van der Waals surface area contributed by atoms with E-state index in [4.69, 9.17) is 11.6 Å². The van der Waals surface area contributed by atoms with Crippen molar-refractivity contribution in [2.45, 2.75) is 49.9 Å². The summed E-state index contributed by atoms with van der Waals surface area (Å²) in [6.45, 7) is 3.70. The van der Waals surface area contributed by atoms with Crippen LogP contribution in [-0.4, -0.2) is 21.1 Å². The fraction of sp³-hybridized carbons (Fsp3) is 0.269. The molecule has 2 N–H and O–H groups in total. The number of thioether (sulfide) groups is 1. The molecule has 5 rings (SSSR count). The number of aromatic amines is 1. The smallest absolute Gasteiger partial charge is 0.260 e. The molecule has 0 aliphatic heterocycles. The molecule has 0 radical (unpaired) electrons. The standard InChI is InChI=1S/C26H24ClN3O2S2/c1-14-7-10-19(27)12-21(14)28-23(31)15(2)34-26-29-24(32)22-20(13-33-25(22)30-26)18-9-8-16-5-3-4-6-17(16)11-18/h7-13,15H,3-6H2,1-2H3,(H,28,31)(H,29,30,32). The van der Waals surface area contributed by atoms with Crippen LogP contribution >= 0.6 is 34.7 Å². The highest BCUT2D eigenvalue weighted by Crippen LogP contribution is 2.34. The molecule has 1 amide bonds. The second kappa shape index (κ2) is 9.56. The van der Waals surface area contributed by atoms with E-state index in [0.29, 0.717) is 26.1 Å². The van der Waals surface area contributed by atoms with Crippen molar-refractivity contribution in [3.05, 3.63) is 73.8 Å². The zero-order valence-electron chi connectivity index (χ0n) is 18.9. The molecule has 0 saturated carbocycles. The summed E-state index contributed by atoms with van der Waals surface area (Å²) in [5.41, 5.74) is 6.20. The van der Waals surface area contributed by atoms with Crippen LogP contribution in [0.1, 0.15) is 36.5 Å². The van der Waals surface area contributed by atoms with E-state index in [1.165, 1.54) is 47.1 Å². The van der Waals surface area contributed by atoms with Gasteiger partial charge in [-0.1, -0.05) is 47.6 Å². The lowest BCUT2D eigenvalue weighted by atomic mass is 9.89. The molecule has 1 aliphatic carbocycles. The lowest BCUT2D eigenvalue weighted by Crippen LogP contribution is -2.23. The molecule has 5 nitrogen and oxygen atoms in total. The molecule has 2 heterocycles. The van der Waals surface area contributed by atoms with Crippen molar-refractivity contribution in [3.63, 3.8) is 0 Å². The molecule has 1 unspecified atom stereocenters. The molecule has 34 heavy (non-hydrogen) atoms. The van der Waals surface area contributed by atoms with Gasteiger partial charge in [0.1, 0.15) is 4.83 Å². The summed E-state index contributed by atoms with van der Waals surface area (Å²) >= 11 is 8.74. The van der Waals surface area contributed by atoms with Crippen molar-refractivity contribution in [3.8, 4) is 11.1 Å². The Morgan fingerprint density at radius 2 is 1.97 bits per heavy atom. The molecule has 2 aromatic heterocycles. The summed E-state index contributed by atoms with van der Waals surface area (Å²) in [6, 6.07) is 11.9. The Bertz CT molecular complexity index is 1460. The Kier molecular flexibility index (Phi) is 6.51. The zero-order chi connectivity index (χ0) is 23.8. The van der Waals surface area contributed by atoms with Gasteiger partial charge in [0.15, 0.2) is 5.16 Å². The van der Waals surface area contributed by atoms with Gasteiger partial charge in [-0.3, -0.25) is 9.59 Å². The molecule has 174 valence electrons. The van der Waals surface area contributed by atoms with Gasteiger partial charge in [0, 0.05) is 21.7 Å². The summed E-state index contributed by atoms with van der Waals surface area (Å²) < 4.78 is 0. The highest BCUT2D eigenvalue weighted by Gasteiger charge is 2.20. The van der Waals surface area contributed by atoms with Gasteiger partial charge in [-0.15, -0.1) is 11.3 Å². The van der Waals surface area contributed by atoms with Crippen molar-refractivity contribution in [2.75, 3.05) is 5.32 Å². The number of thiophene rings is 1. The summed E-state index contributed by atoms with van der Waals surface area (Å²) in [6.07, 6.45) is 4.68. The van der Waals surface area contributed by atoms with E-state index in [0.717, 1.165) is 29.5 Å². The number of rotatable bonds is 5. The van der Waals surface area contributed by atoms with E-state index < -0.39 is 5.25 Å². The fourth-order valence-electron chi connectivity index (χ4n) is 4.28. The molecule has 4 aromatic rings. The van der Waals surface area contributed by atoms with Gasteiger partial charge in [0.05, 0.1) is 10.6 Å². The molecule has 1 atom stereocenters. The lowest BCUT2D eigenvalue weighted by Gasteiger charge is -2.16. The second-order valence-corrected chi connectivity index (χ2v) is 11.2. The van der Waals surface area contributed by atoms with Crippen molar-refractivity contribution in [1.29, 1.82) is 0 Å². The maximum absolute atomic E-state index is 13.1. The number of carbonyl (C=O) groups excluding carboxylic acids is 1. The summed E-state index contributed by atoms with van der Waals surface area (Å²) in [7, 11) is 0. The maximum atomic E-state index is 13.1. The number of halogens is 1. The Morgan fingerprint density at radius 1 is 1.18 bits per heavy atom. The van der Waals surface area contributed by atoms with E-state index in [2.05, 4.69) is 33.5 Å². The molecule has 0 spiro atoms. The van der Waals surface area contributed by atoms with Gasteiger partial charge < -0.3 is 10.3 Å². The van der Waals surface area contributed by atoms with Gasteiger partial charge in [0.2, 0.25) is 5.91 Å². The van der Waals surface area contributed by atoms with Crippen LogP contribution in [0.25, 0.3) is 21.3 Å². The third kappa shape index (κ3) is 4.65. The molecule has 1 aliphatic rings. The number of aryl methyl sites for hydroxylation is 3. The number of benzene rings is 2. The predicted molar refractivity (Wildman–Crippen MR) is 142 cm³/mol. The number of amides is 1. The number of nitrogens with zero attached hydrogens (tertiary/aromatic N) is 1. The van der Waals surface area contributed by atoms with Crippen LogP contribution in [0.4, 0.5) is 5.69 Å². The molecular formula is C26H24ClN3O2S2. The molecular weight excluding hydrogens is 486 g/mol. The SMILES string of the molecule is Cc1ccc(Cl)cc1NC(=O)C(C)Sc1nc2scc(-c3ccc4c(c3)CCCC4)c2c(=O)[nH]1. The third-order valence-electron chi connectivity index (χ3n) is 6.20. The summed E-state index contributed by atoms with van der Waals surface area (Å²) in [5.74, 6) is -0.181. The van der Waals surface area contributed by atoms with E-state index in [-0.39, 0.29) is 11.5 Å². The van der Waals surface area contributed by atoms with Gasteiger partial charge >= 0.3 is 0 Å². The van der Waals surface area contributed by atoms with E-state index >= 15 is 0 Å². The minimum atomic E-state index is -0.459. The number of hydrogen-bond acceptors (Lipinski definition) is 5. The first kappa shape index (κ1) is 23.1. The monoisotopic (exact) mass is 509 g/mol. The lowest BCUT2D eigenvalue weighted by molar-refractivity contribution is -0.115. The quantitative estimate of drug-likeness (QED) is 0.234. The largest absolute Gasteiger partial charge is 0.325 e. The molecule has 8 heteroatoms. The number of anilines is 1. The van der Waals surface area contributed by atoms with Gasteiger partial charge in [-0.05, 0) is 73.9 Å². The Balaban J connectivity index is 1.38. The normalized spacial score (nSPS) is 14.1. The predicted octanol–water partition coefficient (Wildman–Crippen LogP) is 6.61. The Hall–Kier alpha value is -2.61. The highest BCUT2D eigenvalue weighted by atomic mass is 35.5. The number of fused-ring (bicyclic) bond motifs is 2. The third-order valence-corrected chi connectivity index (χ3v) is 8.29. The minimum absolute atomic E-state index is 0.181. The number of hydrogen-bond donors (Lipinski definition) is 2. The second-order valence-electron chi connectivity index (χ2n) is 8.60. The van der Waals surface area contributed by atoms with Crippen LogP contribution in [0, 0.1) is 6.92 Å². The van der Waals surface area contributed by atoms with Crippen LogP contribution in [-0.2, 0) is 17.6 Å². The average Bonchev–Trinajstić information content (AvgIpc) is 3.25. The number of aromatic nitrogens is 2. The first-order chi connectivity index (χ1) is 16.4. The van der Waals surface area contributed by atoms with Crippen LogP contribution in [0.2, 0.25) is 5.02 Å². The number of nitrogens with one attached hydrogen (secondary N) is 2. The van der Waals surface area contributed by atoms with Crippen molar-refractivity contribution < 1.29 is 4.79 Å². The van der Waals surface area contributed by atoms with Gasteiger partial charge in [-0.25, -0.2) is 4.98 Å². The maximum Gasteiger partial charge on any atom is 0.260 e.